The van der Waals surface area contributed by atoms with Crippen LogP contribution >= 0.6 is 0 Å². The molecule has 1 aliphatic rings. The summed E-state index contributed by atoms with van der Waals surface area (Å²) in [6.07, 6.45) is 3.76. The average Bonchev–Trinajstić information content (AvgIpc) is 3.40. The van der Waals surface area contributed by atoms with Gasteiger partial charge in [0, 0.05) is 12.1 Å². The summed E-state index contributed by atoms with van der Waals surface area (Å²) >= 11 is 0. The van der Waals surface area contributed by atoms with Gasteiger partial charge in [0.15, 0.2) is 0 Å². The van der Waals surface area contributed by atoms with E-state index in [0.717, 1.165) is 17.0 Å². The lowest BCUT2D eigenvalue weighted by atomic mass is 10.1. The first-order chi connectivity index (χ1) is 13.1. The number of nitrogens with zero attached hydrogens (tertiary/aromatic N) is 2. The summed E-state index contributed by atoms with van der Waals surface area (Å²) in [6.45, 7) is 4.22. The molecule has 0 radical (unpaired) electrons. The lowest BCUT2D eigenvalue weighted by molar-refractivity contribution is -0.131. The van der Waals surface area contributed by atoms with E-state index < -0.39 is 0 Å². The molecule has 0 aliphatic carbocycles. The van der Waals surface area contributed by atoms with Gasteiger partial charge < -0.3 is 14.2 Å². The van der Waals surface area contributed by atoms with E-state index in [0.29, 0.717) is 17.9 Å². The van der Waals surface area contributed by atoms with Gasteiger partial charge in [-0.25, -0.2) is 5.01 Å². The molecule has 27 heavy (non-hydrogen) atoms. The molecule has 2 aromatic heterocycles. The van der Waals surface area contributed by atoms with Crippen LogP contribution in [0.25, 0.3) is 0 Å². The van der Waals surface area contributed by atoms with Crippen LogP contribution in [-0.2, 0) is 4.79 Å². The minimum atomic E-state index is -0.270. The van der Waals surface area contributed by atoms with Gasteiger partial charge in [0.2, 0.25) is 0 Å². The predicted molar refractivity (Wildman–Crippen MR) is 103 cm³/mol. The topological polar surface area (TPSA) is 71.0 Å². The molecule has 1 amide bonds. The number of furan rings is 2. The first kappa shape index (κ1) is 17.1. The lowest BCUT2D eigenvalue weighted by Gasteiger charge is -2.20. The Balaban J connectivity index is 1.53. The predicted octanol–water partition coefficient (Wildman–Crippen LogP) is 4.28. The van der Waals surface area contributed by atoms with Crippen LogP contribution in [0.1, 0.15) is 35.1 Å². The minimum Gasteiger partial charge on any atom is -0.467 e. The largest absolute Gasteiger partial charge is 0.467 e. The second kappa shape index (κ2) is 7.15. The summed E-state index contributed by atoms with van der Waals surface area (Å²) in [6, 6.07) is 13.2. The zero-order valence-corrected chi connectivity index (χ0v) is 15.3. The maximum Gasteiger partial charge on any atom is 0.262 e. The number of aryl methyl sites for hydroxylation is 2. The first-order valence-corrected chi connectivity index (χ1v) is 8.90. The summed E-state index contributed by atoms with van der Waals surface area (Å²) in [4.78, 5) is 12.9. The Bertz CT molecular complexity index is 959. The highest BCUT2D eigenvalue weighted by Crippen LogP contribution is 2.33. The number of hydrazone groups is 1. The second-order valence-electron chi connectivity index (χ2n) is 6.67. The van der Waals surface area contributed by atoms with E-state index in [9.17, 15) is 4.79 Å². The fourth-order valence-electron chi connectivity index (χ4n) is 3.30. The molecule has 1 aromatic carbocycles. The van der Waals surface area contributed by atoms with Crippen molar-refractivity contribution >= 4 is 17.3 Å². The monoisotopic (exact) mass is 363 g/mol. The van der Waals surface area contributed by atoms with E-state index in [2.05, 4.69) is 16.5 Å². The zero-order valence-electron chi connectivity index (χ0n) is 15.3. The molecule has 0 fully saturated rings. The molecule has 0 saturated carbocycles. The molecule has 0 saturated heterocycles. The molecule has 1 atom stereocenters. The Morgan fingerprint density at radius 3 is 2.70 bits per heavy atom. The number of carbonyl (C=O) groups is 1. The summed E-state index contributed by atoms with van der Waals surface area (Å²) in [5.74, 6) is 1.25. The van der Waals surface area contributed by atoms with Crippen LogP contribution in [0.4, 0.5) is 5.69 Å². The number of benzene rings is 1. The lowest BCUT2D eigenvalue weighted by Crippen LogP contribution is -2.32. The van der Waals surface area contributed by atoms with Crippen molar-refractivity contribution in [1.82, 2.24) is 5.01 Å². The Morgan fingerprint density at radius 1 is 1.19 bits per heavy atom. The van der Waals surface area contributed by atoms with Gasteiger partial charge in [0.05, 0.1) is 19.1 Å². The molecule has 138 valence electrons. The van der Waals surface area contributed by atoms with Gasteiger partial charge in [-0.15, -0.1) is 0 Å². The molecule has 3 heterocycles. The van der Waals surface area contributed by atoms with Crippen LogP contribution in [0.2, 0.25) is 0 Å². The van der Waals surface area contributed by atoms with Gasteiger partial charge >= 0.3 is 0 Å². The van der Waals surface area contributed by atoms with Crippen molar-refractivity contribution in [3.8, 4) is 0 Å². The third-order valence-corrected chi connectivity index (χ3v) is 4.66. The number of carbonyl (C=O) groups excluding carboxylic acids is 1. The molecule has 3 aromatic rings. The van der Waals surface area contributed by atoms with Crippen molar-refractivity contribution in [3.63, 3.8) is 0 Å². The number of rotatable bonds is 5. The Morgan fingerprint density at radius 2 is 2.00 bits per heavy atom. The van der Waals surface area contributed by atoms with Crippen molar-refractivity contribution in [2.45, 2.75) is 26.3 Å². The standard InChI is InChI=1S/C21H21N3O3/c1-14-7-8-16(15(2)11-14)22-13-21(25)24-18(20-6-4-10-27-20)12-17(23-24)19-5-3-9-26-19/h3-11,18,22H,12-13H2,1-2H3. The van der Waals surface area contributed by atoms with Crippen LogP contribution in [0.5, 0.6) is 0 Å². The number of hydrogen-bond acceptors (Lipinski definition) is 5. The van der Waals surface area contributed by atoms with Gasteiger partial charge in [-0.3, -0.25) is 4.79 Å². The molecule has 1 unspecified atom stereocenters. The molecule has 4 rings (SSSR count). The van der Waals surface area contributed by atoms with Crippen LogP contribution in [0.3, 0.4) is 0 Å². The molecule has 1 aliphatic heterocycles. The first-order valence-electron chi connectivity index (χ1n) is 8.90. The van der Waals surface area contributed by atoms with E-state index in [4.69, 9.17) is 8.83 Å². The van der Waals surface area contributed by atoms with E-state index >= 15 is 0 Å². The molecular weight excluding hydrogens is 342 g/mol. The van der Waals surface area contributed by atoms with Crippen molar-refractivity contribution < 1.29 is 13.6 Å². The number of hydrogen-bond donors (Lipinski definition) is 1. The number of amides is 1. The Hall–Kier alpha value is -3.28. The average molecular weight is 363 g/mol. The maximum atomic E-state index is 12.9. The van der Waals surface area contributed by atoms with Crippen molar-refractivity contribution in [2.24, 2.45) is 5.10 Å². The molecule has 6 nitrogen and oxygen atoms in total. The number of anilines is 1. The summed E-state index contributed by atoms with van der Waals surface area (Å²) in [5.41, 5.74) is 3.97. The highest BCUT2D eigenvalue weighted by Gasteiger charge is 2.35. The van der Waals surface area contributed by atoms with E-state index in [1.165, 1.54) is 10.6 Å². The van der Waals surface area contributed by atoms with Gasteiger partial charge in [-0.2, -0.15) is 5.10 Å². The quantitative estimate of drug-likeness (QED) is 0.734. The molecule has 1 N–H and O–H groups in total. The summed E-state index contributed by atoms with van der Waals surface area (Å²) in [7, 11) is 0. The summed E-state index contributed by atoms with van der Waals surface area (Å²) < 4.78 is 11.0. The fraction of sp³-hybridized carbons (Fsp3) is 0.238. The summed E-state index contributed by atoms with van der Waals surface area (Å²) in [5, 5.41) is 9.23. The van der Waals surface area contributed by atoms with E-state index in [1.807, 2.05) is 50.2 Å². The van der Waals surface area contributed by atoms with Crippen molar-refractivity contribution in [1.29, 1.82) is 0 Å². The smallest absolute Gasteiger partial charge is 0.262 e. The van der Waals surface area contributed by atoms with Gasteiger partial charge in [0.1, 0.15) is 23.3 Å². The minimum absolute atomic E-state index is 0.127. The Kier molecular flexibility index (Phi) is 4.54. The third kappa shape index (κ3) is 3.51. The molecule has 6 heteroatoms. The van der Waals surface area contributed by atoms with Gasteiger partial charge in [0.25, 0.3) is 5.91 Å². The van der Waals surface area contributed by atoms with Crippen LogP contribution in [-0.4, -0.2) is 23.2 Å². The fourth-order valence-corrected chi connectivity index (χ4v) is 3.30. The second-order valence-corrected chi connectivity index (χ2v) is 6.67. The normalized spacial score (nSPS) is 16.4. The zero-order chi connectivity index (χ0) is 18.8. The molecule has 0 bridgehead atoms. The van der Waals surface area contributed by atoms with Crippen LogP contribution in [0.15, 0.2) is 68.9 Å². The maximum absolute atomic E-state index is 12.9. The highest BCUT2D eigenvalue weighted by molar-refractivity contribution is 6.01. The van der Waals surface area contributed by atoms with E-state index in [-0.39, 0.29) is 18.5 Å². The van der Waals surface area contributed by atoms with Gasteiger partial charge in [-0.1, -0.05) is 17.7 Å². The number of nitrogens with one attached hydrogen (secondary N) is 1. The highest BCUT2D eigenvalue weighted by atomic mass is 16.3. The van der Waals surface area contributed by atoms with Crippen molar-refractivity contribution in [3.05, 3.63) is 77.6 Å². The van der Waals surface area contributed by atoms with Crippen LogP contribution in [0, 0.1) is 13.8 Å². The van der Waals surface area contributed by atoms with Crippen molar-refractivity contribution in [2.75, 3.05) is 11.9 Å². The third-order valence-electron chi connectivity index (χ3n) is 4.66. The Labute approximate surface area is 157 Å². The van der Waals surface area contributed by atoms with Gasteiger partial charge in [-0.05, 0) is 49.7 Å². The molecule has 0 spiro atoms. The molecular formula is C21H21N3O3. The van der Waals surface area contributed by atoms with Crippen LogP contribution < -0.4 is 5.32 Å². The van der Waals surface area contributed by atoms with E-state index in [1.54, 1.807) is 12.5 Å². The SMILES string of the molecule is Cc1ccc(NCC(=O)N2N=C(c3ccco3)CC2c2ccco2)c(C)c1.